The molecule has 1 atom stereocenters. The van der Waals surface area contributed by atoms with Crippen LogP contribution >= 0.6 is 0 Å². The zero-order chi connectivity index (χ0) is 13.4. The molecule has 106 valence electrons. The summed E-state index contributed by atoms with van der Waals surface area (Å²) in [5, 5.41) is 3.11. The number of amides is 1. The van der Waals surface area contributed by atoms with Crippen LogP contribution in [0.15, 0.2) is 0 Å². The van der Waals surface area contributed by atoms with E-state index in [1.807, 2.05) is 0 Å². The topological polar surface area (TPSA) is 55.1 Å². The second-order valence-corrected chi connectivity index (χ2v) is 5.90. The smallest absolute Gasteiger partial charge is 0.220 e. The number of rotatable bonds is 10. The van der Waals surface area contributed by atoms with Crippen molar-refractivity contribution in [3.05, 3.63) is 0 Å². The van der Waals surface area contributed by atoms with Gasteiger partial charge in [-0.15, -0.1) is 0 Å². The van der Waals surface area contributed by atoms with Crippen molar-refractivity contribution < 1.29 is 4.79 Å². The lowest BCUT2D eigenvalue weighted by Gasteiger charge is -2.16. The van der Waals surface area contributed by atoms with Gasteiger partial charge in [-0.05, 0) is 50.0 Å². The third kappa shape index (κ3) is 5.38. The lowest BCUT2D eigenvalue weighted by atomic mass is 9.94. The summed E-state index contributed by atoms with van der Waals surface area (Å²) in [4.78, 5) is 11.8. The maximum atomic E-state index is 11.8. The lowest BCUT2D eigenvalue weighted by molar-refractivity contribution is -0.121. The highest BCUT2D eigenvalue weighted by molar-refractivity contribution is 5.75. The molecule has 0 bridgehead atoms. The fourth-order valence-electron chi connectivity index (χ4n) is 2.62. The first-order valence-electron chi connectivity index (χ1n) is 7.62. The summed E-state index contributed by atoms with van der Waals surface area (Å²) in [6, 6.07) is 0. The number of nitrogens with two attached hydrogens (primary N) is 1. The van der Waals surface area contributed by atoms with E-state index < -0.39 is 0 Å². The molecule has 1 amide bonds. The molecule has 0 spiro atoms. The molecular formula is C15H30N2O. The van der Waals surface area contributed by atoms with Crippen molar-refractivity contribution in [1.29, 1.82) is 0 Å². The maximum Gasteiger partial charge on any atom is 0.220 e. The van der Waals surface area contributed by atoms with Gasteiger partial charge in [0.15, 0.2) is 0 Å². The molecule has 1 fully saturated rings. The molecule has 3 N–H and O–H groups in total. The molecule has 18 heavy (non-hydrogen) atoms. The van der Waals surface area contributed by atoms with Gasteiger partial charge in [-0.3, -0.25) is 4.79 Å². The number of hydrogen-bond donors (Lipinski definition) is 2. The van der Waals surface area contributed by atoms with Crippen molar-refractivity contribution >= 4 is 5.91 Å². The molecule has 1 unspecified atom stereocenters. The summed E-state index contributed by atoms with van der Waals surface area (Å²) in [7, 11) is 0. The molecule has 3 nitrogen and oxygen atoms in total. The minimum absolute atomic E-state index is 0.229. The summed E-state index contributed by atoms with van der Waals surface area (Å²) >= 11 is 0. The van der Waals surface area contributed by atoms with Crippen molar-refractivity contribution in [3.63, 3.8) is 0 Å². The van der Waals surface area contributed by atoms with Crippen LogP contribution in [0.2, 0.25) is 0 Å². The molecule has 1 aliphatic carbocycles. The SMILES string of the molecule is CCCC(CCN)CCC(=O)NCC1(CC)CC1. The normalized spacial score (nSPS) is 18.4. The van der Waals surface area contributed by atoms with E-state index in [0.717, 1.165) is 25.9 Å². The van der Waals surface area contributed by atoms with E-state index in [-0.39, 0.29) is 5.91 Å². The van der Waals surface area contributed by atoms with Crippen LogP contribution in [-0.2, 0) is 4.79 Å². The molecule has 1 saturated carbocycles. The monoisotopic (exact) mass is 254 g/mol. The Labute approximate surface area is 112 Å². The largest absolute Gasteiger partial charge is 0.356 e. The Morgan fingerprint density at radius 2 is 2.00 bits per heavy atom. The van der Waals surface area contributed by atoms with E-state index in [4.69, 9.17) is 5.73 Å². The van der Waals surface area contributed by atoms with Gasteiger partial charge in [-0.2, -0.15) is 0 Å². The average molecular weight is 254 g/mol. The van der Waals surface area contributed by atoms with Gasteiger partial charge in [0, 0.05) is 13.0 Å². The number of nitrogens with one attached hydrogen (secondary N) is 1. The van der Waals surface area contributed by atoms with Crippen molar-refractivity contribution in [2.75, 3.05) is 13.1 Å². The first-order chi connectivity index (χ1) is 8.65. The summed E-state index contributed by atoms with van der Waals surface area (Å²) in [6.45, 7) is 6.04. The highest BCUT2D eigenvalue weighted by atomic mass is 16.1. The molecule has 0 heterocycles. The van der Waals surface area contributed by atoms with Crippen LogP contribution in [0, 0.1) is 11.3 Å². The Hall–Kier alpha value is -0.570. The summed E-state index contributed by atoms with van der Waals surface area (Å²) in [6.07, 6.45) is 8.87. The third-order valence-corrected chi connectivity index (χ3v) is 4.42. The standard InChI is InChI=1S/C15H30N2O/c1-3-5-13(8-11-16)6-7-14(18)17-12-15(4-2)9-10-15/h13H,3-12,16H2,1-2H3,(H,17,18). The van der Waals surface area contributed by atoms with Crippen LogP contribution in [-0.4, -0.2) is 19.0 Å². The van der Waals surface area contributed by atoms with Gasteiger partial charge in [0.2, 0.25) is 5.91 Å². The van der Waals surface area contributed by atoms with Crippen molar-refractivity contribution in [3.8, 4) is 0 Å². The maximum absolute atomic E-state index is 11.8. The Morgan fingerprint density at radius 3 is 2.50 bits per heavy atom. The van der Waals surface area contributed by atoms with E-state index in [1.54, 1.807) is 0 Å². The van der Waals surface area contributed by atoms with Crippen LogP contribution in [0.25, 0.3) is 0 Å². The second kappa shape index (κ2) is 7.78. The Kier molecular flexibility index (Phi) is 6.69. The molecule has 0 saturated heterocycles. The van der Waals surface area contributed by atoms with Crippen molar-refractivity contribution in [1.82, 2.24) is 5.32 Å². The first kappa shape index (κ1) is 15.5. The molecule has 3 heteroatoms. The highest BCUT2D eigenvalue weighted by Gasteiger charge is 2.40. The van der Waals surface area contributed by atoms with E-state index in [9.17, 15) is 4.79 Å². The van der Waals surface area contributed by atoms with Gasteiger partial charge < -0.3 is 11.1 Å². The van der Waals surface area contributed by atoms with Crippen molar-refractivity contribution in [2.45, 2.75) is 65.2 Å². The van der Waals surface area contributed by atoms with Gasteiger partial charge in [0.25, 0.3) is 0 Å². The quantitative estimate of drug-likeness (QED) is 0.630. The van der Waals surface area contributed by atoms with Crippen LogP contribution in [0.4, 0.5) is 0 Å². The Morgan fingerprint density at radius 1 is 1.28 bits per heavy atom. The summed E-state index contributed by atoms with van der Waals surface area (Å²) < 4.78 is 0. The van der Waals surface area contributed by atoms with E-state index >= 15 is 0 Å². The molecule has 0 radical (unpaired) electrons. The minimum Gasteiger partial charge on any atom is -0.356 e. The van der Waals surface area contributed by atoms with E-state index in [0.29, 0.717) is 17.8 Å². The molecule has 1 rings (SSSR count). The number of carbonyl (C=O) groups excluding carboxylic acids is 1. The first-order valence-corrected chi connectivity index (χ1v) is 7.62. The zero-order valence-electron chi connectivity index (χ0n) is 12.1. The molecular weight excluding hydrogens is 224 g/mol. The lowest BCUT2D eigenvalue weighted by Crippen LogP contribution is -2.30. The van der Waals surface area contributed by atoms with Gasteiger partial charge in [-0.25, -0.2) is 0 Å². The zero-order valence-corrected chi connectivity index (χ0v) is 12.1. The Bertz CT molecular complexity index is 243. The predicted molar refractivity (Wildman–Crippen MR) is 76.3 cm³/mol. The van der Waals surface area contributed by atoms with Crippen LogP contribution in [0.1, 0.15) is 65.2 Å². The van der Waals surface area contributed by atoms with Crippen LogP contribution < -0.4 is 11.1 Å². The minimum atomic E-state index is 0.229. The molecule has 0 aliphatic heterocycles. The van der Waals surface area contributed by atoms with Gasteiger partial charge >= 0.3 is 0 Å². The van der Waals surface area contributed by atoms with E-state index in [1.165, 1.54) is 32.1 Å². The van der Waals surface area contributed by atoms with Gasteiger partial charge in [0.1, 0.15) is 0 Å². The average Bonchev–Trinajstić information content (AvgIpc) is 3.15. The van der Waals surface area contributed by atoms with Gasteiger partial charge in [0.05, 0.1) is 0 Å². The molecule has 0 aromatic rings. The Balaban J connectivity index is 2.14. The second-order valence-electron chi connectivity index (χ2n) is 5.90. The summed E-state index contributed by atoms with van der Waals surface area (Å²) in [5.41, 5.74) is 6.06. The van der Waals surface area contributed by atoms with Crippen LogP contribution in [0.5, 0.6) is 0 Å². The number of carbonyl (C=O) groups is 1. The molecule has 0 aromatic carbocycles. The van der Waals surface area contributed by atoms with Gasteiger partial charge in [-0.1, -0.05) is 26.7 Å². The molecule has 0 aromatic heterocycles. The fraction of sp³-hybridized carbons (Fsp3) is 0.933. The van der Waals surface area contributed by atoms with Crippen LogP contribution in [0.3, 0.4) is 0 Å². The summed E-state index contributed by atoms with van der Waals surface area (Å²) in [5.74, 6) is 0.861. The predicted octanol–water partition coefficient (Wildman–Crippen LogP) is 2.84. The fourth-order valence-corrected chi connectivity index (χ4v) is 2.62. The number of hydrogen-bond acceptors (Lipinski definition) is 2. The van der Waals surface area contributed by atoms with E-state index in [2.05, 4.69) is 19.2 Å². The molecule has 1 aliphatic rings. The third-order valence-electron chi connectivity index (χ3n) is 4.42. The highest BCUT2D eigenvalue weighted by Crippen LogP contribution is 2.47. The van der Waals surface area contributed by atoms with Crippen molar-refractivity contribution in [2.24, 2.45) is 17.1 Å².